The fraction of sp³-hybridized carbons (Fsp3) is 0.188. The number of fused-ring (bicyclic) bond motifs is 1. The molecular weight excluding hydrogens is 304 g/mol. The summed E-state index contributed by atoms with van der Waals surface area (Å²) in [5, 5.41) is 3.60. The number of rotatable bonds is 2. The number of nitrogens with one attached hydrogen (secondary N) is 1. The van der Waals surface area contributed by atoms with Crippen molar-refractivity contribution in [2.24, 2.45) is 0 Å². The lowest BCUT2D eigenvalue weighted by molar-refractivity contribution is 0.207. The van der Waals surface area contributed by atoms with E-state index in [9.17, 15) is 4.79 Å². The van der Waals surface area contributed by atoms with Gasteiger partial charge in [-0.1, -0.05) is 23.7 Å². The average Bonchev–Trinajstić information content (AvgIpc) is 2.56. The Morgan fingerprint density at radius 3 is 2.91 bits per heavy atom. The van der Waals surface area contributed by atoms with Crippen LogP contribution in [0.2, 0.25) is 5.02 Å². The van der Waals surface area contributed by atoms with Gasteiger partial charge in [0.05, 0.1) is 23.5 Å². The lowest BCUT2D eigenvalue weighted by Gasteiger charge is -2.29. The van der Waals surface area contributed by atoms with Crippen molar-refractivity contribution in [3.05, 3.63) is 47.5 Å². The summed E-state index contributed by atoms with van der Waals surface area (Å²) in [7, 11) is 1.54. The van der Waals surface area contributed by atoms with E-state index in [0.717, 1.165) is 11.4 Å². The van der Waals surface area contributed by atoms with E-state index in [4.69, 9.17) is 21.1 Å². The molecule has 22 heavy (non-hydrogen) atoms. The number of hydrogen-bond acceptors (Lipinski definition) is 4. The highest BCUT2D eigenvalue weighted by Gasteiger charge is 2.24. The topological polar surface area (TPSA) is 50.8 Å². The molecule has 0 aromatic heterocycles. The zero-order chi connectivity index (χ0) is 15.5. The molecule has 0 saturated heterocycles. The molecule has 1 heterocycles. The van der Waals surface area contributed by atoms with E-state index >= 15 is 0 Å². The maximum atomic E-state index is 12.5. The average molecular weight is 319 g/mol. The molecule has 0 unspecified atom stereocenters. The molecule has 114 valence electrons. The zero-order valence-electron chi connectivity index (χ0n) is 12.0. The number of nitrogens with zero attached hydrogens (tertiary/aromatic N) is 1. The van der Waals surface area contributed by atoms with Gasteiger partial charge in [0, 0.05) is 19.2 Å². The summed E-state index contributed by atoms with van der Waals surface area (Å²) in [6.45, 7) is 1.19. The van der Waals surface area contributed by atoms with E-state index in [1.807, 2.05) is 24.3 Å². The molecule has 0 atom stereocenters. The molecule has 1 N–H and O–H groups in total. The molecule has 5 nitrogen and oxygen atoms in total. The second kappa shape index (κ2) is 6.15. The summed E-state index contributed by atoms with van der Waals surface area (Å²) in [4.78, 5) is 14.0. The van der Waals surface area contributed by atoms with Gasteiger partial charge in [0.15, 0.2) is 5.75 Å². The van der Waals surface area contributed by atoms with Crippen LogP contribution in [0.5, 0.6) is 11.5 Å². The maximum Gasteiger partial charge on any atom is 0.419 e. The van der Waals surface area contributed by atoms with Crippen LogP contribution in [0.4, 0.5) is 16.2 Å². The van der Waals surface area contributed by atoms with Gasteiger partial charge in [-0.2, -0.15) is 0 Å². The monoisotopic (exact) mass is 318 g/mol. The quantitative estimate of drug-likeness (QED) is 0.915. The van der Waals surface area contributed by atoms with Gasteiger partial charge in [-0.25, -0.2) is 4.79 Å². The molecule has 0 fully saturated rings. The van der Waals surface area contributed by atoms with Crippen LogP contribution >= 0.6 is 11.6 Å². The van der Waals surface area contributed by atoms with Gasteiger partial charge in [-0.05, 0) is 24.3 Å². The normalized spacial score (nSPS) is 13.1. The van der Waals surface area contributed by atoms with Crippen LogP contribution in [-0.2, 0) is 0 Å². The van der Waals surface area contributed by atoms with Crippen LogP contribution < -0.4 is 19.7 Å². The number of amides is 1. The number of benzene rings is 2. The van der Waals surface area contributed by atoms with E-state index < -0.39 is 6.09 Å². The lowest BCUT2D eigenvalue weighted by Crippen LogP contribution is -2.40. The van der Waals surface area contributed by atoms with Crippen LogP contribution in [-0.4, -0.2) is 26.3 Å². The van der Waals surface area contributed by atoms with Crippen molar-refractivity contribution in [1.82, 2.24) is 0 Å². The molecule has 0 aliphatic carbocycles. The Morgan fingerprint density at radius 1 is 1.27 bits per heavy atom. The molecule has 1 amide bonds. The fourth-order valence-corrected chi connectivity index (χ4v) is 2.47. The number of methoxy groups -OCH3 is 1. The van der Waals surface area contributed by atoms with Crippen LogP contribution in [0, 0.1) is 0 Å². The summed E-state index contributed by atoms with van der Waals surface area (Å²) in [5.41, 5.74) is 1.69. The third kappa shape index (κ3) is 2.80. The molecule has 1 aliphatic heterocycles. The van der Waals surface area contributed by atoms with Crippen molar-refractivity contribution in [3.8, 4) is 11.5 Å². The van der Waals surface area contributed by atoms with E-state index in [-0.39, 0.29) is 5.75 Å². The van der Waals surface area contributed by atoms with Crippen molar-refractivity contribution >= 4 is 29.1 Å². The first-order chi connectivity index (χ1) is 10.7. The Balaban J connectivity index is 1.84. The van der Waals surface area contributed by atoms with Gasteiger partial charge >= 0.3 is 6.09 Å². The lowest BCUT2D eigenvalue weighted by atomic mass is 10.2. The molecule has 2 aromatic carbocycles. The molecule has 2 aromatic rings. The minimum absolute atomic E-state index is 0.280. The molecule has 6 heteroatoms. The smallest absolute Gasteiger partial charge is 0.419 e. The van der Waals surface area contributed by atoms with Crippen LogP contribution in [0.1, 0.15) is 0 Å². The molecule has 1 aliphatic rings. The van der Waals surface area contributed by atoms with E-state index in [1.54, 1.807) is 30.2 Å². The second-order valence-electron chi connectivity index (χ2n) is 4.76. The van der Waals surface area contributed by atoms with E-state index in [1.165, 1.54) is 0 Å². The van der Waals surface area contributed by atoms with Crippen molar-refractivity contribution < 1.29 is 14.3 Å². The third-order valence-corrected chi connectivity index (χ3v) is 3.71. The number of ether oxygens (including phenoxy) is 2. The SMILES string of the molecule is COc1ccc(Cl)c(OC(=O)N2CCNc3ccccc32)c1. The Bertz CT molecular complexity index is 706. The first kappa shape index (κ1) is 14.5. The number of para-hydroxylation sites is 2. The Hall–Kier alpha value is -2.40. The van der Waals surface area contributed by atoms with Gasteiger partial charge in [0.25, 0.3) is 0 Å². The first-order valence-corrected chi connectivity index (χ1v) is 7.22. The summed E-state index contributed by atoms with van der Waals surface area (Å²) < 4.78 is 10.6. The number of anilines is 2. The Kier molecular flexibility index (Phi) is 4.06. The predicted octanol–water partition coefficient (Wildman–Crippen LogP) is 3.78. The van der Waals surface area contributed by atoms with Crippen molar-refractivity contribution in [2.45, 2.75) is 0 Å². The number of carbonyl (C=O) groups excluding carboxylic acids is 1. The van der Waals surface area contributed by atoms with Gasteiger partial charge in [-0.15, -0.1) is 0 Å². The number of hydrogen-bond donors (Lipinski definition) is 1. The highest BCUT2D eigenvalue weighted by Crippen LogP contribution is 2.32. The summed E-state index contributed by atoms with van der Waals surface area (Å²) in [6.07, 6.45) is -0.468. The molecular formula is C16H15ClN2O3. The Labute approximate surface area is 133 Å². The summed E-state index contributed by atoms with van der Waals surface area (Å²) in [5.74, 6) is 0.856. The third-order valence-electron chi connectivity index (χ3n) is 3.40. The van der Waals surface area contributed by atoms with Gasteiger partial charge in [-0.3, -0.25) is 4.90 Å². The number of carbonyl (C=O) groups is 1. The van der Waals surface area contributed by atoms with Crippen LogP contribution in [0.3, 0.4) is 0 Å². The standard InChI is InChI=1S/C16H15ClN2O3/c1-21-11-6-7-12(17)15(10-11)22-16(20)19-9-8-18-13-4-2-3-5-14(13)19/h2-7,10,18H,8-9H2,1H3. The van der Waals surface area contributed by atoms with Gasteiger partial charge in [0.1, 0.15) is 5.75 Å². The zero-order valence-corrected chi connectivity index (χ0v) is 12.8. The van der Waals surface area contributed by atoms with Gasteiger partial charge in [0.2, 0.25) is 0 Å². The molecule has 0 radical (unpaired) electrons. The minimum atomic E-state index is -0.468. The van der Waals surface area contributed by atoms with Crippen molar-refractivity contribution in [1.29, 1.82) is 0 Å². The van der Waals surface area contributed by atoms with Crippen LogP contribution in [0.25, 0.3) is 0 Å². The highest BCUT2D eigenvalue weighted by atomic mass is 35.5. The highest BCUT2D eigenvalue weighted by molar-refractivity contribution is 6.32. The predicted molar refractivity (Wildman–Crippen MR) is 86.3 cm³/mol. The van der Waals surface area contributed by atoms with E-state index in [0.29, 0.717) is 23.9 Å². The van der Waals surface area contributed by atoms with Crippen molar-refractivity contribution in [2.75, 3.05) is 30.4 Å². The van der Waals surface area contributed by atoms with E-state index in [2.05, 4.69) is 5.32 Å². The second-order valence-corrected chi connectivity index (χ2v) is 5.17. The molecule has 0 spiro atoms. The van der Waals surface area contributed by atoms with Gasteiger partial charge < -0.3 is 14.8 Å². The summed E-state index contributed by atoms with van der Waals surface area (Å²) >= 11 is 6.07. The number of halogens is 1. The summed E-state index contributed by atoms with van der Waals surface area (Å²) in [6, 6.07) is 12.5. The molecule has 0 bridgehead atoms. The molecule has 0 saturated carbocycles. The van der Waals surface area contributed by atoms with Crippen molar-refractivity contribution in [3.63, 3.8) is 0 Å². The van der Waals surface area contributed by atoms with Crippen LogP contribution in [0.15, 0.2) is 42.5 Å². The largest absolute Gasteiger partial charge is 0.497 e. The molecule has 3 rings (SSSR count). The minimum Gasteiger partial charge on any atom is -0.497 e. The maximum absolute atomic E-state index is 12.5. The Morgan fingerprint density at radius 2 is 2.09 bits per heavy atom. The first-order valence-electron chi connectivity index (χ1n) is 6.85. The fourth-order valence-electron chi connectivity index (χ4n) is 2.31.